The van der Waals surface area contributed by atoms with E-state index in [0.29, 0.717) is 25.4 Å². The molecule has 0 radical (unpaired) electrons. The van der Waals surface area contributed by atoms with E-state index in [9.17, 15) is 9.18 Å². The van der Waals surface area contributed by atoms with Crippen LogP contribution in [0.15, 0.2) is 109 Å². The zero-order valence-electron chi connectivity index (χ0n) is 21.8. The number of para-hydroxylation sites is 2. The van der Waals surface area contributed by atoms with Gasteiger partial charge in [0.2, 0.25) is 5.91 Å². The van der Waals surface area contributed by atoms with Gasteiger partial charge in [0.1, 0.15) is 17.3 Å². The van der Waals surface area contributed by atoms with Gasteiger partial charge in [0.05, 0.1) is 6.61 Å². The van der Waals surface area contributed by atoms with E-state index in [1.807, 2.05) is 66.7 Å². The molecule has 0 saturated carbocycles. The Kier molecular flexibility index (Phi) is 8.34. The fourth-order valence-corrected chi connectivity index (χ4v) is 4.85. The number of ether oxygens (including phenoxy) is 2. The Morgan fingerprint density at radius 3 is 2.44 bits per heavy atom. The van der Waals surface area contributed by atoms with E-state index in [4.69, 9.17) is 9.47 Å². The molecular formula is C33H31FN2O3. The molecule has 0 aliphatic heterocycles. The topological polar surface area (TPSA) is 52.5 Å². The molecular weight excluding hydrogens is 491 g/mol. The highest BCUT2D eigenvalue weighted by molar-refractivity contribution is 5.87. The third kappa shape index (κ3) is 6.54. The lowest BCUT2D eigenvalue weighted by Crippen LogP contribution is -2.28. The molecule has 0 aliphatic rings. The third-order valence-electron chi connectivity index (χ3n) is 6.72. The predicted octanol–water partition coefficient (Wildman–Crippen LogP) is 6.91. The number of methoxy groups -OCH3 is 1. The molecule has 1 amide bonds. The number of halogens is 1. The summed E-state index contributed by atoms with van der Waals surface area (Å²) in [4.78, 5) is 13.1. The van der Waals surface area contributed by atoms with Crippen LogP contribution < -0.4 is 10.1 Å². The summed E-state index contributed by atoms with van der Waals surface area (Å²) in [5.74, 6) is 0.930. The summed E-state index contributed by atoms with van der Waals surface area (Å²) >= 11 is 0. The number of fused-ring (bicyclic) bond motifs is 1. The van der Waals surface area contributed by atoms with E-state index in [0.717, 1.165) is 33.3 Å². The van der Waals surface area contributed by atoms with E-state index < -0.39 is 0 Å². The molecule has 5 rings (SSSR count). The van der Waals surface area contributed by atoms with Crippen LogP contribution in [0.2, 0.25) is 0 Å². The molecule has 39 heavy (non-hydrogen) atoms. The molecule has 1 heterocycles. The van der Waals surface area contributed by atoms with Gasteiger partial charge in [-0.25, -0.2) is 4.39 Å². The van der Waals surface area contributed by atoms with E-state index in [1.165, 1.54) is 12.1 Å². The molecule has 0 fully saturated rings. The van der Waals surface area contributed by atoms with Crippen molar-refractivity contribution in [2.75, 3.05) is 20.3 Å². The minimum Gasteiger partial charge on any atom is -0.457 e. The van der Waals surface area contributed by atoms with Crippen LogP contribution in [0.5, 0.6) is 11.5 Å². The third-order valence-corrected chi connectivity index (χ3v) is 6.72. The van der Waals surface area contributed by atoms with Crippen molar-refractivity contribution in [3.8, 4) is 11.5 Å². The van der Waals surface area contributed by atoms with E-state index in [1.54, 1.807) is 19.2 Å². The highest BCUT2D eigenvalue weighted by Gasteiger charge is 2.23. The van der Waals surface area contributed by atoms with Gasteiger partial charge in [-0.2, -0.15) is 0 Å². The first-order valence-corrected chi connectivity index (χ1v) is 13.0. The van der Waals surface area contributed by atoms with Crippen molar-refractivity contribution in [1.29, 1.82) is 0 Å². The minimum atomic E-state index is -0.256. The Bertz CT molecular complexity index is 1530. The summed E-state index contributed by atoms with van der Waals surface area (Å²) < 4.78 is 26.9. The average Bonchev–Trinajstić information content (AvgIpc) is 3.32. The number of carbonyl (C=O) groups is 1. The van der Waals surface area contributed by atoms with Crippen molar-refractivity contribution in [2.45, 2.75) is 18.9 Å². The molecule has 198 valence electrons. The van der Waals surface area contributed by atoms with Crippen molar-refractivity contribution in [2.24, 2.45) is 0 Å². The first-order chi connectivity index (χ1) is 19.1. The zero-order chi connectivity index (χ0) is 27.0. The first kappa shape index (κ1) is 26.2. The van der Waals surface area contributed by atoms with Crippen LogP contribution in [-0.2, 0) is 16.1 Å². The van der Waals surface area contributed by atoms with Crippen LogP contribution in [0.25, 0.3) is 10.9 Å². The number of benzene rings is 4. The maximum Gasteiger partial charge on any atom is 0.221 e. The lowest BCUT2D eigenvalue weighted by molar-refractivity contribution is -0.121. The van der Waals surface area contributed by atoms with Crippen LogP contribution in [0.3, 0.4) is 0 Å². The lowest BCUT2D eigenvalue weighted by atomic mass is 9.88. The lowest BCUT2D eigenvalue weighted by Gasteiger charge is -2.18. The molecule has 0 bridgehead atoms. The van der Waals surface area contributed by atoms with Crippen LogP contribution >= 0.6 is 0 Å². The van der Waals surface area contributed by atoms with Crippen LogP contribution in [0.4, 0.5) is 4.39 Å². The molecule has 5 nitrogen and oxygen atoms in total. The van der Waals surface area contributed by atoms with Crippen LogP contribution in [-0.4, -0.2) is 30.7 Å². The Morgan fingerprint density at radius 2 is 1.64 bits per heavy atom. The molecule has 0 spiro atoms. The number of hydrogen-bond donors (Lipinski definition) is 1. The van der Waals surface area contributed by atoms with E-state index in [2.05, 4.69) is 28.2 Å². The number of rotatable bonds is 11. The van der Waals surface area contributed by atoms with Crippen molar-refractivity contribution in [3.63, 3.8) is 0 Å². The van der Waals surface area contributed by atoms with Gasteiger partial charge in [0.25, 0.3) is 0 Å². The maximum absolute atomic E-state index is 13.5. The second kappa shape index (κ2) is 12.4. The largest absolute Gasteiger partial charge is 0.457 e. The van der Waals surface area contributed by atoms with Crippen molar-refractivity contribution in [1.82, 2.24) is 9.88 Å². The highest BCUT2D eigenvalue weighted by atomic mass is 19.1. The van der Waals surface area contributed by atoms with Crippen molar-refractivity contribution < 1.29 is 18.7 Å². The maximum atomic E-state index is 13.5. The molecule has 0 unspecified atom stereocenters. The van der Waals surface area contributed by atoms with Gasteiger partial charge in [-0.05, 0) is 59.2 Å². The predicted molar refractivity (Wildman–Crippen MR) is 152 cm³/mol. The second-order valence-corrected chi connectivity index (χ2v) is 9.44. The van der Waals surface area contributed by atoms with Gasteiger partial charge < -0.3 is 19.4 Å². The average molecular weight is 523 g/mol. The smallest absolute Gasteiger partial charge is 0.221 e. The van der Waals surface area contributed by atoms with Crippen LogP contribution in [0.1, 0.15) is 29.0 Å². The molecule has 6 heteroatoms. The molecule has 0 saturated heterocycles. The summed E-state index contributed by atoms with van der Waals surface area (Å²) in [7, 11) is 1.61. The number of carbonyl (C=O) groups excluding carboxylic acids is 1. The second-order valence-electron chi connectivity index (χ2n) is 9.44. The van der Waals surface area contributed by atoms with Gasteiger partial charge in [0, 0.05) is 49.6 Å². The van der Waals surface area contributed by atoms with Gasteiger partial charge in [-0.3, -0.25) is 4.79 Å². The number of nitrogens with one attached hydrogen (secondary N) is 1. The Balaban J connectivity index is 1.53. The fourth-order valence-electron chi connectivity index (χ4n) is 4.85. The number of nitrogens with zero attached hydrogens (tertiary/aromatic N) is 1. The van der Waals surface area contributed by atoms with Crippen molar-refractivity contribution in [3.05, 3.63) is 132 Å². The Hall–Kier alpha value is -4.42. The van der Waals surface area contributed by atoms with E-state index >= 15 is 0 Å². The first-order valence-electron chi connectivity index (χ1n) is 13.0. The molecule has 1 aromatic heterocycles. The summed E-state index contributed by atoms with van der Waals surface area (Å²) in [5, 5.41) is 4.04. The summed E-state index contributed by atoms with van der Waals surface area (Å²) in [6.07, 6.45) is 2.38. The molecule has 1 N–H and O–H groups in total. The quantitative estimate of drug-likeness (QED) is 0.192. The van der Waals surface area contributed by atoms with E-state index in [-0.39, 0.29) is 24.1 Å². The SMILES string of the molecule is COCCNC(=O)C[C@H](c1cccc(Oc2ccccc2)c1)c1cn(Cc2ccc(F)cc2)c2ccccc12. The molecule has 4 aromatic carbocycles. The van der Waals surface area contributed by atoms with Gasteiger partial charge >= 0.3 is 0 Å². The zero-order valence-corrected chi connectivity index (χ0v) is 21.8. The number of amides is 1. The van der Waals surface area contributed by atoms with Gasteiger partial charge in [-0.15, -0.1) is 0 Å². The normalized spacial score (nSPS) is 11.8. The highest BCUT2D eigenvalue weighted by Crippen LogP contribution is 2.37. The summed E-state index contributed by atoms with van der Waals surface area (Å²) in [6, 6.07) is 32.3. The standard InChI is InChI=1S/C33H31FN2O3/c1-38-19-18-35-33(37)21-30(25-8-7-11-28(20-25)39-27-9-3-2-4-10-27)31-23-36(32-13-6-5-12-29(31)32)22-24-14-16-26(34)17-15-24/h2-17,20,23,30H,18-19,21-22H2,1H3,(H,35,37)/t30-/m1/s1. The molecule has 5 aromatic rings. The van der Waals surface area contributed by atoms with Crippen molar-refractivity contribution >= 4 is 16.8 Å². The monoisotopic (exact) mass is 522 g/mol. The molecule has 0 aliphatic carbocycles. The minimum absolute atomic E-state index is 0.0539. The Morgan fingerprint density at radius 1 is 0.897 bits per heavy atom. The van der Waals surface area contributed by atoms with Gasteiger partial charge in [0.15, 0.2) is 0 Å². The summed E-state index contributed by atoms with van der Waals surface area (Å²) in [5.41, 5.74) is 4.08. The molecule has 1 atom stereocenters. The van der Waals surface area contributed by atoms with Gasteiger partial charge in [-0.1, -0.05) is 60.7 Å². The fraction of sp³-hybridized carbons (Fsp3) is 0.182. The number of hydrogen-bond acceptors (Lipinski definition) is 3. The Labute approximate surface area is 227 Å². The van der Waals surface area contributed by atoms with Crippen LogP contribution in [0, 0.1) is 5.82 Å². The number of aromatic nitrogens is 1. The summed E-state index contributed by atoms with van der Waals surface area (Å²) in [6.45, 7) is 1.49.